The molecule has 3 rings (SSSR count). The zero-order valence-corrected chi connectivity index (χ0v) is 14.9. The molecule has 0 saturated heterocycles. The number of ketones is 2. The van der Waals surface area contributed by atoms with E-state index in [2.05, 4.69) is 0 Å². The van der Waals surface area contributed by atoms with Crippen molar-refractivity contribution in [2.24, 2.45) is 0 Å². The van der Waals surface area contributed by atoms with Crippen molar-refractivity contribution in [1.29, 1.82) is 0 Å². The van der Waals surface area contributed by atoms with Gasteiger partial charge >= 0.3 is 0 Å². The van der Waals surface area contributed by atoms with Gasteiger partial charge in [0, 0.05) is 16.1 Å². The average Bonchev–Trinajstić information content (AvgIpc) is 2.93. The van der Waals surface area contributed by atoms with E-state index < -0.39 is 0 Å². The van der Waals surface area contributed by atoms with Crippen LogP contribution in [0, 0.1) is 6.92 Å². The number of Topliss-reactive ketones (excluding diaryl/α,β-unsaturated/α-hetero) is 2. The highest BCUT2D eigenvalue weighted by molar-refractivity contribution is 6.30. The first kappa shape index (κ1) is 17.2. The van der Waals surface area contributed by atoms with E-state index in [9.17, 15) is 9.59 Å². The van der Waals surface area contributed by atoms with E-state index in [0.717, 1.165) is 5.57 Å². The van der Waals surface area contributed by atoms with Crippen LogP contribution in [-0.4, -0.2) is 18.2 Å². The topological polar surface area (TPSA) is 52.6 Å². The molecule has 0 spiro atoms. The Hall–Kier alpha value is -2.59. The molecule has 25 heavy (non-hydrogen) atoms. The molecule has 0 amide bonds. The summed E-state index contributed by atoms with van der Waals surface area (Å²) in [6, 6.07) is 10.0. The van der Waals surface area contributed by atoms with Gasteiger partial charge in [-0.15, -0.1) is 0 Å². The molecular weight excluding hydrogens is 340 g/mol. The third-order valence-electron chi connectivity index (χ3n) is 3.99. The SMILES string of the molecule is CC(C)=C1Oc2c(ccc(OCC(=O)c3ccc(Cl)cc3)c2C)C1=O. The summed E-state index contributed by atoms with van der Waals surface area (Å²) in [6.07, 6.45) is 0. The number of ether oxygens (including phenoxy) is 2. The van der Waals surface area contributed by atoms with E-state index in [1.807, 2.05) is 20.8 Å². The molecule has 2 aromatic rings. The molecule has 1 aliphatic heterocycles. The molecule has 0 unspecified atom stereocenters. The number of hydrogen-bond donors (Lipinski definition) is 0. The van der Waals surface area contributed by atoms with E-state index >= 15 is 0 Å². The van der Waals surface area contributed by atoms with Gasteiger partial charge in [0.05, 0.1) is 5.56 Å². The van der Waals surface area contributed by atoms with Crippen molar-refractivity contribution in [3.8, 4) is 11.5 Å². The lowest BCUT2D eigenvalue weighted by Gasteiger charge is -2.11. The van der Waals surface area contributed by atoms with Gasteiger partial charge in [-0.05, 0) is 62.7 Å². The van der Waals surface area contributed by atoms with Crippen molar-refractivity contribution >= 4 is 23.2 Å². The third kappa shape index (κ3) is 3.30. The summed E-state index contributed by atoms with van der Waals surface area (Å²) in [5, 5.41) is 0.573. The summed E-state index contributed by atoms with van der Waals surface area (Å²) in [4.78, 5) is 24.5. The fraction of sp³-hybridized carbons (Fsp3) is 0.200. The summed E-state index contributed by atoms with van der Waals surface area (Å²) >= 11 is 5.82. The lowest BCUT2D eigenvalue weighted by molar-refractivity contribution is 0.0920. The number of allylic oxidation sites excluding steroid dienone is 2. The van der Waals surface area contributed by atoms with E-state index in [-0.39, 0.29) is 18.2 Å². The molecule has 0 bridgehead atoms. The van der Waals surface area contributed by atoms with Crippen molar-refractivity contribution in [3.05, 3.63) is 69.4 Å². The summed E-state index contributed by atoms with van der Waals surface area (Å²) < 4.78 is 11.4. The normalized spacial score (nSPS) is 12.6. The Morgan fingerprint density at radius 2 is 1.80 bits per heavy atom. The minimum absolute atomic E-state index is 0.106. The number of carbonyl (C=O) groups excluding carboxylic acids is 2. The largest absolute Gasteiger partial charge is 0.485 e. The molecule has 1 heterocycles. The first-order chi connectivity index (χ1) is 11.9. The van der Waals surface area contributed by atoms with Crippen LogP contribution in [0.4, 0.5) is 0 Å². The maximum atomic E-state index is 12.3. The van der Waals surface area contributed by atoms with Crippen LogP contribution in [-0.2, 0) is 0 Å². The first-order valence-corrected chi connectivity index (χ1v) is 8.21. The molecule has 0 aliphatic carbocycles. The molecule has 0 N–H and O–H groups in total. The monoisotopic (exact) mass is 356 g/mol. The predicted molar refractivity (Wildman–Crippen MR) is 95.8 cm³/mol. The fourth-order valence-corrected chi connectivity index (χ4v) is 2.73. The van der Waals surface area contributed by atoms with Crippen LogP contribution in [0.2, 0.25) is 5.02 Å². The molecule has 5 heteroatoms. The van der Waals surface area contributed by atoms with Crippen LogP contribution in [0.25, 0.3) is 0 Å². The summed E-state index contributed by atoms with van der Waals surface area (Å²) in [6.45, 7) is 5.36. The molecule has 0 radical (unpaired) electrons. The average molecular weight is 357 g/mol. The number of hydrogen-bond acceptors (Lipinski definition) is 4. The van der Waals surface area contributed by atoms with Gasteiger partial charge in [0.2, 0.25) is 5.78 Å². The Bertz CT molecular complexity index is 891. The first-order valence-electron chi connectivity index (χ1n) is 7.83. The van der Waals surface area contributed by atoms with Gasteiger partial charge in [-0.2, -0.15) is 0 Å². The maximum Gasteiger partial charge on any atom is 0.231 e. The molecule has 0 saturated carbocycles. The molecule has 0 aromatic heterocycles. The number of benzene rings is 2. The molecule has 2 aromatic carbocycles. The minimum atomic E-state index is -0.154. The molecule has 1 aliphatic rings. The van der Waals surface area contributed by atoms with E-state index in [1.165, 1.54) is 0 Å². The van der Waals surface area contributed by atoms with Crippen LogP contribution in [0.5, 0.6) is 11.5 Å². The van der Waals surface area contributed by atoms with Gasteiger partial charge in [-0.25, -0.2) is 0 Å². The van der Waals surface area contributed by atoms with E-state index in [1.54, 1.807) is 36.4 Å². The molecule has 128 valence electrons. The zero-order chi connectivity index (χ0) is 18.1. The van der Waals surface area contributed by atoms with Crippen LogP contribution in [0.3, 0.4) is 0 Å². The van der Waals surface area contributed by atoms with E-state index in [4.69, 9.17) is 21.1 Å². The summed E-state index contributed by atoms with van der Waals surface area (Å²) in [5.41, 5.74) is 2.57. The van der Waals surface area contributed by atoms with Crippen molar-refractivity contribution in [2.75, 3.05) is 6.61 Å². The quantitative estimate of drug-likeness (QED) is 0.584. The smallest absolute Gasteiger partial charge is 0.231 e. The molecule has 0 atom stereocenters. The van der Waals surface area contributed by atoms with Crippen LogP contribution >= 0.6 is 11.6 Å². The van der Waals surface area contributed by atoms with Gasteiger partial charge in [-0.3, -0.25) is 9.59 Å². The highest BCUT2D eigenvalue weighted by Gasteiger charge is 2.30. The number of halogens is 1. The Kier molecular flexibility index (Phi) is 4.64. The van der Waals surface area contributed by atoms with E-state index in [0.29, 0.717) is 39.0 Å². The number of fused-ring (bicyclic) bond motifs is 1. The highest BCUT2D eigenvalue weighted by Crippen LogP contribution is 2.39. The van der Waals surface area contributed by atoms with Gasteiger partial charge in [0.1, 0.15) is 11.5 Å². The fourth-order valence-electron chi connectivity index (χ4n) is 2.60. The Labute approximate surface area is 151 Å². The Balaban J connectivity index is 1.78. The standard InChI is InChI=1S/C20H17ClO4/c1-11(2)19-18(23)15-8-9-17(12(3)20(15)25-19)24-10-16(22)13-4-6-14(21)7-5-13/h4-9H,10H2,1-3H3. The molecule has 0 fully saturated rings. The van der Waals surface area contributed by atoms with Crippen molar-refractivity contribution in [3.63, 3.8) is 0 Å². The molecule has 4 nitrogen and oxygen atoms in total. The van der Waals surface area contributed by atoms with Crippen molar-refractivity contribution < 1.29 is 19.1 Å². The van der Waals surface area contributed by atoms with Crippen molar-refractivity contribution in [2.45, 2.75) is 20.8 Å². The molecular formula is C20H17ClO4. The second-order valence-electron chi connectivity index (χ2n) is 6.04. The van der Waals surface area contributed by atoms with Gasteiger partial charge in [0.25, 0.3) is 0 Å². The van der Waals surface area contributed by atoms with Gasteiger partial charge in [-0.1, -0.05) is 11.6 Å². The maximum absolute atomic E-state index is 12.3. The third-order valence-corrected chi connectivity index (χ3v) is 4.24. The Morgan fingerprint density at radius 1 is 1.12 bits per heavy atom. The van der Waals surface area contributed by atoms with Crippen LogP contribution in [0.1, 0.15) is 40.1 Å². The highest BCUT2D eigenvalue weighted by atomic mass is 35.5. The summed E-state index contributed by atoms with van der Waals surface area (Å²) in [5.74, 6) is 1.09. The number of carbonyl (C=O) groups is 2. The Morgan fingerprint density at radius 3 is 2.44 bits per heavy atom. The van der Waals surface area contributed by atoms with Crippen LogP contribution in [0.15, 0.2) is 47.7 Å². The number of rotatable bonds is 4. The summed E-state index contributed by atoms with van der Waals surface area (Å²) in [7, 11) is 0. The minimum Gasteiger partial charge on any atom is -0.485 e. The predicted octanol–water partition coefficient (Wildman–Crippen LogP) is 4.78. The lowest BCUT2D eigenvalue weighted by Crippen LogP contribution is -2.12. The van der Waals surface area contributed by atoms with Gasteiger partial charge < -0.3 is 9.47 Å². The zero-order valence-electron chi connectivity index (χ0n) is 14.2. The van der Waals surface area contributed by atoms with Gasteiger partial charge in [0.15, 0.2) is 18.1 Å². The van der Waals surface area contributed by atoms with Crippen molar-refractivity contribution in [1.82, 2.24) is 0 Å². The second-order valence-corrected chi connectivity index (χ2v) is 6.48. The van der Waals surface area contributed by atoms with Crippen LogP contribution < -0.4 is 9.47 Å². The second kappa shape index (κ2) is 6.73. The lowest BCUT2D eigenvalue weighted by atomic mass is 10.1.